The van der Waals surface area contributed by atoms with Gasteiger partial charge < -0.3 is 10.6 Å². The molecule has 20 heavy (non-hydrogen) atoms. The van der Waals surface area contributed by atoms with Crippen LogP contribution in [0.25, 0.3) is 0 Å². The minimum Gasteiger partial charge on any atom is -0.354 e. The average Bonchev–Trinajstić information content (AvgIpc) is 2.45. The first-order valence-electron chi connectivity index (χ1n) is 7.65. The van der Waals surface area contributed by atoms with E-state index in [2.05, 4.69) is 39.4 Å². The van der Waals surface area contributed by atoms with Crippen molar-refractivity contribution < 1.29 is 0 Å². The van der Waals surface area contributed by atoms with Crippen molar-refractivity contribution >= 4 is 23.5 Å². The highest BCUT2D eigenvalue weighted by atomic mass is 35.5. The topological polar surface area (TPSA) is 62.7 Å². The van der Waals surface area contributed by atoms with Crippen molar-refractivity contribution in [3.05, 3.63) is 5.28 Å². The van der Waals surface area contributed by atoms with Crippen molar-refractivity contribution in [2.45, 2.75) is 58.4 Å². The van der Waals surface area contributed by atoms with Crippen LogP contribution in [0.5, 0.6) is 0 Å². The Bertz CT molecular complexity index is 426. The molecule has 1 aliphatic rings. The zero-order chi connectivity index (χ0) is 14.4. The van der Waals surface area contributed by atoms with Gasteiger partial charge in [0.1, 0.15) is 0 Å². The summed E-state index contributed by atoms with van der Waals surface area (Å²) >= 11 is 5.97. The lowest BCUT2D eigenvalue weighted by molar-refractivity contribution is 0.316. The maximum Gasteiger partial charge on any atom is 0.229 e. The van der Waals surface area contributed by atoms with Crippen molar-refractivity contribution in [2.24, 2.45) is 5.92 Å². The monoisotopic (exact) mass is 297 g/mol. The van der Waals surface area contributed by atoms with Gasteiger partial charge in [0.25, 0.3) is 0 Å². The summed E-state index contributed by atoms with van der Waals surface area (Å²) in [5, 5.41) is 6.84. The van der Waals surface area contributed by atoms with Crippen LogP contribution in [0, 0.1) is 5.92 Å². The Morgan fingerprint density at radius 1 is 1.10 bits per heavy atom. The van der Waals surface area contributed by atoms with Crippen LogP contribution in [0.15, 0.2) is 0 Å². The smallest absolute Gasteiger partial charge is 0.229 e. The summed E-state index contributed by atoms with van der Waals surface area (Å²) in [6.07, 6.45) is 7.28. The normalized spacial score (nSPS) is 22.6. The highest BCUT2D eigenvalue weighted by Crippen LogP contribution is 2.28. The van der Waals surface area contributed by atoms with E-state index < -0.39 is 0 Å². The third-order valence-corrected chi connectivity index (χ3v) is 4.06. The molecule has 0 spiro atoms. The second-order valence-corrected chi connectivity index (χ2v) is 5.72. The van der Waals surface area contributed by atoms with Gasteiger partial charge in [0, 0.05) is 12.6 Å². The Morgan fingerprint density at radius 2 is 1.85 bits per heavy atom. The van der Waals surface area contributed by atoms with Crippen molar-refractivity contribution in [3.63, 3.8) is 0 Å². The fraction of sp³-hybridized carbons (Fsp3) is 0.786. The predicted octanol–water partition coefficient (Wildman–Crippen LogP) is 3.73. The quantitative estimate of drug-likeness (QED) is 0.838. The van der Waals surface area contributed by atoms with Crippen LogP contribution in [-0.4, -0.2) is 27.5 Å². The minimum atomic E-state index is 0.241. The van der Waals surface area contributed by atoms with Gasteiger partial charge in [-0.3, -0.25) is 0 Å². The molecule has 2 unspecified atom stereocenters. The molecular weight excluding hydrogens is 274 g/mol. The Balaban J connectivity index is 2.05. The Labute approximate surface area is 126 Å². The summed E-state index contributed by atoms with van der Waals surface area (Å²) < 4.78 is 0. The maximum absolute atomic E-state index is 5.97. The first kappa shape index (κ1) is 15.3. The molecule has 1 heterocycles. The van der Waals surface area contributed by atoms with Crippen molar-refractivity contribution in [3.8, 4) is 0 Å². The van der Waals surface area contributed by atoms with E-state index in [4.69, 9.17) is 11.6 Å². The first-order chi connectivity index (χ1) is 9.72. The molecule has 1 aromatic rings. The first-order valence-corrected chi connectivity index (χ1v) is 8.02. The van der Waals surface area contributed by atoms with Gasteiger partial charge >= 0.3 is 0 Å². The van der Waals surface area contributed by atoms with E-state index >= 15 is 0 Å². The second-order valence-electron chi connectivity index (χ2n) is 5.38. The van der Waals surface area contributed by atoms with E-state index in [0.29, 0.717) is 23.9 Å². The van der Waals surface area contributed by atoms with Gasteiger partial charge in [-0.05, 0) is 36.8 Å². The van der Waals surface area contributed by atoms with E-state index in [9.17, 15) is 0 Å². The zero-order valence-corrected chi connectivity index (χ0v) is 13.1. The number of anilines is 2. The van der Waals surface area contributed by atoms with Crippen LogP contribution in [0.4, 0.5) is 11.9 Å². The van der Waals surface area contributed by atoms with E-state index in [1.165, 1.54) is 32.1 Å². The SMILES string of the molecule is CCCNc1nc(Cl)nc(NC2CCCCC2CC)n1. The molecule has 1 saturated carbocycles. The molecular formula is C14H24ClN5. The lowest BCUT2D eigenvalue weighted by atomic mass is 9.83. The van der Waals surface area contributed by atoms with Crippen molar-refractivity contribution in [2.75, 3.05) is 17.2 Å². The zero-order valence-electron chi connectivity index (χ0n) is 12.3. The Kier molecular flexibility index (Phi) is 5.83. The summed E-state index contributed by atoms with van der Waals surface area (Å²) in [6.45, 7) is 5.18. The number of halogens is 1. The van der Waals surface area contributed by atoms with Crippen molar-refractivity contribution in [1.82, 2.24) is 15.0 Å². The third-order valence-electron chi connectivity index (χ3n) is 3.89. The molecule has 1 aromatic heterocycles. The standard InChI is InChI=1S/C14H24ClN5/c1-3-9-16-13-18-12(15)19-14(20-13)17-11-8-6-5-7-10(11)4-2/h10-11H,3-9H2,1-2H3,(H2,16,17,18,19,20). The summed E-state index contributed by atoms with van der Waals surface area (Å²) in [7, 11) is 0. The highest BCUT2D eigenvalue weighted by Gasteiger charge is 2.24. The molecule has 0 aliphatic heterocycles. The molecule has 0 saturated heterocycles. The van der Waals surface area contributed by atoms with Crippen LogP contribution in [-0.2, 0) is 0 Å². The molecule has 2 N–H and O–H groups in total. The van der Waals surface area contributed by atoms with Crippen LogP contribution < -0.4 is 10.6 Å². The van der Waals surface area contributed by atoms with Gasteiger partial charge in [-0.1, -0.05) is 33.1 Å². The largest absolute Gasteiger partial charge is 0.354 e. The number of nitrogens with one attached hydrogen (secondary N) is 2. The lowest BCUT2D eigenvalue weighted by Gasteiger charge is -2.31. The molecule has 0 radical (unpaired) electrons. The molecule has 1 aliphatic carbocycles. The number of hydrogen-bond donors (Lipinski definition) is 2. The number of hydrogen-bond acceptors (Lipinski definition) is 5. The number of rotatable bonds is 6. The molecule has 0 amide bonds. The van der Waals surface area contributed by atoms with E-state index in [-0.39, 0.29) is 5.28 Å². The second kappa shape index (κ2) is 7.62. The maximum atomic E-state index is 5.97. The van der Waals surface area contributed by atoms with E-state index in [1.807, 2.05) is 0 Å². The molecule has 6 heteroatoms. The molecule has 1 fully saturated rings. The number of nitrogens with zero attached hydrogens (tertiary/aromatic N) is 3. The summed E-state index contributed by atoms with van der Waals surface area (Å²) in [4.78, 5) is 12.7. The molecule has 2 atom stereocenters. The molecule has 0 aromatic carbocycles. The molecule has 112 valence electrons. The summed E-state index contributed by atoms with van der Waals surface area (Å²) in [5.41, 5.74) is 0. The summed E-state index contributed by atoms with van der Waals surface area (Å²) in [5.74, 6) is 1.85. The minimum absolute atomic E-state index is 0.241. The van der Waals surface area contributed by atoms with Crippen LogP contribution >= 0.6 is 11.6 Å². The predicted molar refractivity (Wildman–Crippen MR) is 83.3 cm³/mol. The van der Waals surface area contributed by atoms with Crippen LogP contribution in [0.1, 0.15) is 52.4 Å². The molecule has 5 nitrogen and oxygen atoms in total. The van der Waals surface area contributed by atoms with Gasteiger partial charge in [0.15, 0.2) is 0 Å². The lowest BCUT2D eigenvalue weighted by Crippen LogP contribution is -2.32. The van der Waals surface area contributed by atoms with Gasteiger partial charge in [-0.15, -0.1) is 0 Å². The van der Waals surface area contributed by atoms with Gasteiger partial charge in [-0.25, -0.2) is 0 Å². The van der Waals surface area contributed by atoms with E-state index in [0.717, 1.165) is 13.0 Å². The number of aromatic nitrogens is 3. The Hall–Kier alpha value is -1.10. The van der Waals surface area contributed by atoms with Crippen molar-refractivity contribution in [1.29, 1.82) is 0 Å². The third kappa shape index (κ3) is 4.20. The van der Waals surface area contributed by atoms with Crippen LogP contribution in [0.2, 0.25) is 5.28 Å². The van der Waals surface area contributed by atoms with E-state index in [1.54, 1.807) is 0 Å². The fourth-order valence-electron chi connectivity index (χ4n) is 2.78. The van der Waals surface area contributed by atoms with Gasteiger partial charge in [-0.2, -0.15) is 15.0 Å². The van der Waals surface area contributed by atoms with Gasteiger partial charge in [0.05, 0.1) is 0 Å². The van der Waals surface area contributed by atoms with Crippen LogP contribution in [0.3, 0.4) is 0 Å². The fourth-order valence-corrected chi connectivity index (χ4v) is 2.94. The molecule has 2 rings (SSSR count). The van der Waals surface area contributed by atoms with Gasteiger partial charge in [0.2, 0.25) is 17.2 Å². The Morgan fingerprint density at radius 3 is 2.60 bits per heavy atom. The molecule has 0 bridgehead atoms. The average molecular weight is 298 g/mol. The highest BCUT2D eigenvalue weighted by molar-refractivity contribution is 6.28. The summed E-state index contributed by atoms with van der Waals surface area (Å²) in [6, 6.07) is 0.450.